The van der Waals surface area contributed by atoms with Gasteiger partial charge in [0.2, 0.25) is 0 Å². The third kappa shape index (κ3) is 5.74. The molecule has 0 aliphatic heterocycles. The molecule has 6 heteroatoms. The standard InChI is InChI=1S/C16H39ClO2Si3/c1-10-15(6)22(17,16(7)11-2)19-20(8,9)18-21(12-3,13-4)14-5/h15-16H,10-14H2,1-9H3. The van der Waals surface area contributed by atoms with Crippen LogP contribution in [0.1, 0.15) is 61.3 Å². The van der Waals surface area contributed by atoms with Crippen molar-refractivity contribution >= 4 is 35.6 Å². The average molecular weight is 383 g/mol. The van der Waals surface area contributed by atoms with Crippen LogP contribution in [-0.4, -0.2) is 24.5 Å². The lowest BCUT2D eigenvalue weighted by molar-refractivity contribution is 0.373. The van der Waals surface area contributed by atoms with Gasteiger partial charge in [0, 0.05) is 0 Å². The van der Waals surface area contributed by atoms with Crippen molar-refractivity contribution < 1.29 is 8.23 Å². The Kier molecular flexibility index (Phi) is 9.74. The monoisotopic (exact) mass is 382 g/mol. The van der Waals surface area contributed by atoms with E-state index in [2.05, 4.69) is 61.6 Å². The second-order valence-corrected chi connectivity index (χ2v) is 21.2. The summed E-state index contributed by atoms with van der Waals surface area (Å²) in [5.41, 5.74) is 0.917. The molecule has 0 aromatic carbocycles. The minimum absolute atomic E-state index is 0.459. The quantitative estimate of drug-likeness (QED) is 0.282. The van der Waals surface area contributed by atoms with Crippen LogP contribution in [0, 0.1) is 0 Å². The lowest BCUT2D eigenvalue weighted by Gasteiger charge is -2.44. The molecular formula is C16H39ClO2Si3. The number of halogens is 1. The van der Waals surface area contributed by atoms with Gasteiger partial charge in [-0.2, -0.15) is 0 Å². The van der Waals surface area contributed by atoms with Crippen LogP contribution >= 0.6 is 11.1 Å². The van der Waals surface area contributed by atoms with Gasteiger partial charge in [0.25, 0.3) is 7.63 Å². The maximum atomic E-state index is 7.17. The Hall–Kier alpha value is 0.861. The largest absolute Gasteiger partial charge is 0.436 e. The molecule has 0 N–H and O–H groups in total. The average Bonchev–Trinajstić information content (AvgIpc) is 2.50. The molecule has 2 nitrogen and oxygen atoms in total. The van der Waals surface area contributed by atoms with Gasteiger partial charge in [-0.05, 0) is 42.3 Å². The Balaban J connectivity index is 5.34. The van der Waals surface area contributed by atoms with Gasteiger partial charge in [0.1, 0.15) is 0 Å². The topological polar surface area (TPSA) is 18.5 Å². The molecule has 0 aliphatic rings. The van der Waals surface area contributed by atoms with E-state index in [-0.39, 0.29) is 0 Å². The molecule has 0 aliphatic carbocycles. The highest BCUT2D eigenvalue weighted by molar-refractivity contribution is 7.20. The van der Waals surface area contributed by atoms with Crippen LogP contribution in [0.5, 0.6) is 0 Å². The number of hydrogen-bond donors (Lipinski definition) is 0. The Morgan fingerprint density at radius 1 is 0.773 bits per heavy atom. The van der Waals surface area contributed by atoms with E-state index in [9.17, 15) is 0 Å². The van der Waals surface area contributed by atoms with Gasteiger partial charge >= 0.3 is 8.56 Å². The normalized spacial score (nSPS) is 18.8. The second-order valence-electron chi connectivity index (χ2n) is 7.16. The van der Waals surface area contributed by atoms with E-state index >= 15 is 0 Å². The zero-order valence-corrected chi connectivity index (χ0v) is 20.1. The molecule has 0 amide bonds. The van der Waals surface area contributed by atoms with Gasteiger partial charge in [0.15, 0.2) is 8.32 Å². The third-order valence-corrected chi connectivity index (χ3v) is 22.6. The first-order chi connectivity index (χ1) is 10.1. The Labute approximate surface area is 147 Å². The summed E-state index contributed by atoms with van der Waals surface area (Å²) in [6, 6.07) is 3.51. The van der Waals surface area contributed by atoms with Gasteiger partial charge in [-0.15, -0.1) is 11.1 Å². The van der Waals surface area contributed by atoms with E-state index in [0.717, 1.165) is 12.8 Å². The molecule has 0 aromatic heterocycles. The Bertz CT molecular complexity index is 304. The number of rotatable bonds is 11. The van der Waals surface area contributed by atoms with Crippen LogP contribution in [0.25, 0.3) is 0 Å². The maximum absolute atomic E-state index is 7.17. The maximum Gasteiger partial charge on any atom is 0.311 e. The van der Waals surface area contributed by atoms with E-state index in [1.807, 2.05) is 0 Å². The molecule has 0 fully saturated rings. The predicted molar refractivity (Wildman–Crippen MR) is 108 cm³/mol. The van der Waals surface area contributed by atoms with E-state index in [1.54, 1.807) is 0 Å². The second kappa shape index (κ2) is 9.37. The fourth-order valence-electron chi connectivity index (χ4n) is 3.13. The molecular weight excluding hydrogens is 344 g/mol. The van der Waals surface area contributed by atoms with Crippen LogP contribution in [0.15, 0.2) is 0 Å². The molecule has 2 atom stereocenters. The van der Waals surface area contributed by atoms with Crippen LogP contribution in [0.4, 0.5) is 0 Å². The van der Waals surface area contributed by atoms with Gasteiger partial charge < -0.3 is 8.23 Å². The highest BCUT2D eigenvalue weighted by Gasteiger charge is 2.50. The third-order valence-electron chi connectivity index (χ3n) is 5.37. The van der Waals surface area contributed by atoms with Gasteiger partial charge in [0.05, 0.1) is 0 Å². The molecule has 0 saturated carbocycles. The summed E-state index contributed by atoms with van der Waals surface area (Å²) in [6.45, 7) is 20.2. The first-order valence-corrected chi connectivity index (χ1v) is 17.6. The van der Waals surface area contributed by atoms with E-state index in [4.69, 9.17) is 19.3 Å². The molecule has 0 radical (unpaired) electrons. The SMILES string of the molecule is CCC(C)[Si](Cl)(O[Si](C)(C)O[Si](CC)(CC)CC)C(C)CC. The molecule has 0 aromatic rings. The molecule has 134 valence electrons. The summed E-state index contributed by atoms with van der Waals surface area (Å²) in [5, 5.41) is 0. The smallest absolute Gasteiger partial charge is 0.311 e. The highest BCUT2D eigenvalue weighted by atomic mass is 35.6. The van der Waals surface area contributed by atoms with Crippen molar-refractivity contribution in [3.8, 4) is 0 Å². The fraction of sp³-hybridized carbons (Fsp3) is 1.00. The van der Waals surface area contributed by atoms with Crippen molar-refractivity contribution in [1.82, 2.24) is 0 Å². The summed E-state index contributed by atoms with van der Waals surface area (Å²) < 4.78 is 13.5. The summed E-state index contributed by atoms with van der Waals surface area (Å²) >= 11 is 7.17. The minimum Gasteiger partial charge on any atom is -0.436 e. The van der Waals surface area contributed by atoms with Gasteiger partial charge in [-0.25, -0.2) is 0 Å². The lowest BCUT2D eigenvalue weighted by atomic mass is 10.4. The Morgan fingerprint density at radius 3 is 1.41 bits per heavy atom. The van der Waals surface area contributed by atoms with Crippen LogP contribution < -0.4 is 0 Å². The van der Waals surface area contributed by atoms with Crippen LogP contribution in [-0.2, 0) is 8.23 Å². The molecule has 22 heavy (non-hydrogen) atoms. The zero-order chi connectivity index (χ0) is 17.6. The van der Waals surface area contributed by atoms with E-state index < -0.39 is 24.5 Å². The summed E-state index contributed by atoms with van der Waals surface area (Å²) in [5.74, 6) is 0. The van der Waals surface area contributed by atoms with E-state index in [0.29, 0.717) is 11.1 Å². The molecule has 0 heterocycles. The summed E-state index contributed by atoms with van der Waals surface area (Å²) in [6.07, 6.45) is 2.17. The van der Waals surface area contributed by atoms with Crippen LogP contribution in [0.3, 0.4) is 0 Å². The molecule has 0 saturated heterocycles. The van der Waals surface area contributed by atoms with Crippen molar-refractivity contribution in [1.29, 1.82) is 0 Å². The van der Waals surface area contributed by atoms with Crippen molar-refractivity contribution in [3.63, 3.8) is 0 Å². The lowest BCUT2D eigenvalue weighted by Crippen LogP contribution is -2.56. The van der Waals surface area contributed by atoms with Gasteiger partial charge in [-0.3, -0.25) is 0 Å². The summed E-state index contributed by atoms with van der Waals surface area (Å²) in [7, 11) is -6.14. The molecule has 0 rings (SSSR count). The van der Waals surface area contributed by atoms with Crippen LogP contribution in [0.2, 0.25) is 42.3 Å². The first kappa shape index (κ1) is 22.9. The van der Waals surface area contributed by atoms with Gasteiger partial charge in [-0.1, -0.05) is 61.3 Å². The Morgan fingerprint density at radius 2 is 1.14 bits per heavy atom. The zero-order valence-electron chi connectivity index (χ0n) is 16.4. The minimum atomic E-state index is -2.30. The molecule has 0 spiro atoms. The summed E-state index contributed by atoms with van der Waals surface area (Å²) in [4.78, 5) is 0. The van der Waals surface area contributed by atoms with Crippen molar-refractivity contribution in [3.05, 3.63) is 0 Å². The highest BCUT2D eigenvalue weighted by Crippen LogP contribution is 2.43. The van der Waals surface area contributed by atoms with Crippen molar-refractivity contribution in [2.24, 2.45) is 0 Å². The predicted octanol–water partition coefficient (Wildman–Crippen LogP) is 7.01. The number of hydrogen-bond acceptors (Lipinski definition) is 2. The van der Waals surface area contributed by atoms with Crippen molar-refractivity contribution in [2.75, 3.05) is 0 Å². The molecule has 2 unspecified atom stereocenters. The first-order valence-electron chi connectivity index (χ1n) is 9.15. The fourth-order valence-corrected chi connectivity index (χ4v) is 20.4. The molecule has 0 bridgehead atoms. The van der Waals surface area contributed by atoms with Crippen molar-refractivity contribution in [2.45, 2.75) is 104 Å². The van der Waals surface area contributed by atoms with E-state index in [1.165, 1.54) is 18.1 Å².